The predicted molar refractivity (Wildman–Crippen MR) is 132 cm³/mol. The highest BCUT2D eigenvalue weighted by molar-refractivity contribution is 6.46. The average molecular weight is 494 g/mol. The van der Waals surface area contributed by atoms with Gasteiger partial charge >= 0.3 is 6.09 Å². The van der Waals surface area contributed by atoms with Gasteiger partial charge in [0.2, 0.25) is 0 Å². The van der Waals surface area contributed by atoms with Gasteiger partial charge in [-0.3, -0.25) is 14.6 Å². The number of benzene rings is 1. The zero-order valence-corrected chi connectivity index (χ0v) is 20.6. The standard InChI is InChI=1S/C27H31N3O6/c1-3-16-36-20-9-7-8-18(17-20)24(31)22-23(21-10-5-6-13-28-21)30(26(33)25(22)32)19-11-14-29(15-12-19)27(34)35-4-2/h5-10,13,17,19,23,31H,3-4,11-12,14-16H2,1-2H3/b24-22+. The minimum atomic E-state index is -0.842. The Morgan fingerprint density at radius 2 is 1.89 bits per heavy atom. The van der Waals surface area contributed by atoms with Crippen LogP contribution in [-0.2, 0) is 14.3 Å². The number of aliphatic hydroxyl groups is 1. The molecule has 1 aromatic heterocycles. The third-order valence-corrected chi connectivity index (χ3v) is 6.41. The Hall–Kier alpha value is -3.88. The van der Waals surface area contributed by atoms with E-state index in [1.54, 1.807) is 60.5 Å². The molecule has 36 heavy (non-hydrogen) atoms. The highest BCUT2D eigenvalue weighted by atomic mass is 16.6. The van der Waals surface area contributed by atoms with Crippen LogP contribution in [0.2, 0.25) is 0 Å². The molecule has 1 aromatic carbocycles. The first kappa shape index (κ1) is 25.2. The Bertz CT molecular complexity index is 1140. The summed E-state index contributed by atoms with van der Waals surface area (Å²) in [5.74, 6) is -1.13. The second kappa shape index (κ2) is 11.2. The quantitative estimate of drug-likeness (QED) is 0.354. The number of carbonyl (C=O) groups is 3. The summed E-state index contributed by atoms with van der Waals surface area (Å²) in [6, 6.07) is 11.0. The molecule has 3 heterocycles. The van der Waals surface area contributed by atoms with Crippen LogP contribution >= 0.6 is 0 Å². The zero-order valence-electron chi connectivity index (χ0n) is 20.6. The van der Waals surface area contributed by atoms with E-state index >= 15 is 0 Å². The summed E-state index contributed by atoms with van der Waals surface area (Å²) in [5, 5.41) is 11.3. The van der Waals surface area contributed by atoms with Gasteiger partial charge < -0.3 is 24.4 Å². The molecule has 2 fully saturated rings. The normalized spacial score (nSPS) is 20.0. The van der Waals surface area contributed by atoms with Gasteiger partial charge in [0, 0.05) is 30.9 Å². The van der Waals surface area contributed by atoms with Gasteiger partial charge in [-0.1, -0.05) is 25.1 Å². The van der Waals surface area contributed by atoms with E-state index in [2.05, 4.69) is 4.98 Å². The van der Waals surface area contributed by atoms with Crippen LogP contribution in [0.3, 0.4) is 0 Å². The number of likely N-dealkylation sites (tertiary alicyclic amines) is 2. The van der Waals surface area contributed by atoms with Crippen LogP contribution in [-0.4, -0.2) is 70.0 Å². The number of piperidine rings is 1. The fourth-order valence-electron chi connectivity index (χ4n) is 4.70. The Labute approximate surface area is 210 Å². The number of hydrogen-bond donors (Lipinski definition) is 1. The average Bonchev–Trinajstić information content (AvgIpc) is 3.18. The molecule has 190 valence electrons. The lowest BCUT2D eigenvalue weighted by Crippen LogP contribution is -2.48. The second-order valence-corrected chi connectivity index (χ2v) is 8.75. The van der Waals surface area contributed by atoms with Crippen molar-refractivity contribution in [1.82, 2.24) is 14.8 Å². The Morgan fingerprint density at radius 1 is 1.11 bits per heavy atom. The van der Waals surface area contributed by atoms with Crippen molar-refractivity contribution in [3.05, 3.63) is 65.5 Å². The largest absolute Gasteiger partial charge is 0.507 e. The van der Waals surface area contributed by atoms with Gasteiger partial charge in [0.05, 0.1) is 24.5 Å². The molecule has 2 aliphatic heterocycles. The van der Waals surface area contributed by atoms with E-state index in [-0.39, 0.29) is 30.1 Å². The van der Waals surface area contributed by atoms with Crippen LogP contribution in [0.5, 0.6) is 5.75 Å². The predicted octanol–water partition coefficient (Wildman–Crippen LogP) is 3.91. The van der Waals surface area contributed by atoms with Gasteiger partial charge in [0.25, 0.3) is 11.7 Å². The maximum atomic E-state index is 13.3. The van der Waals surface area contributed by atoms with Gasteiger partial charge in [-0.2, -0.15) is 0 Å². The smallest absolute Gasteiger partial charge is 0.409 e. The molecule has 0 saturated carbocycles. The Balaban J connectivity index is 1.70. The number of rotatable bonds is 7. The highest BCUT2D eigenvalue weighted by Crippen LogP contribution is 2.41. The van der Waals surface area contributed by atoms with Crippen LogP contribution in [0.15, 0.2) is 54.2 Å². The van der Waals surface area contributed by atoms with E-state index in [1.165, 1.54) is 4.90 Å². The van der Waals surface area contributed by atoms with Gasteiger partial charge in [0.1, 0.15) is 17.6 Å². The highest BCUT2D eigenvalue weighted by Gasteiger charge is 2.50. The third-order valence-electron chi connectivity index (χ3n) is 6.41. The maximum absolute atomic E-state index is 13.3. The molecule has 1 atom stereocenters. The first-order chi connectivity index (χ1) is 17.5. The van der Waals surface area contributed by atoms with Crippen LogP contribution < -0.4 is 4.74 Å². The van der Waals surface area contributed by atoms with Crippen molar-refractivity contribution in [3.63, 3.8) is 0 Å². The van der Waals surface area contributed by atoms with E-state index < -0.39 is 17.7 Å². The van der Waals surface area contributed by atoms with Crippen molar-refractivity contribution < 1.29 is 29.0 Å². The van der Waals surface area contributed by atoms with Gasteiger partial charge in [-0.05, 0) is 50.5 Å². The fraction of sp³-hybridized carbons (Fsp3) is 0.407. The number of aromatic nitrogens is 1. The third kappa shape index (κ3) is 5.05. The Morgan fingerprint density at radius 3 is 2.56 bits per heavy atom. The molecule has 2 amide bonds. The minimum Gasteiger partial charge on any atom is -0.507 e. The summed E-state index contributed by atoms with van der Waals surface area (Å²) in [5.41, 5.74) is 0.878. The van der Waals surface area contributed by atoms with Crippen molar-refractivity contribution >= 4 is 23.5 Å². The lowest BCUT2D eigenvalue weighted by atomic mass is 9.96. The summed E-state index contributed by atoms with van der Waals surface area (Å²) >= 11 is 0. The molecule has 0 aliphatic carbocycles. The van der Waals surface area contributed by atoms with Gasteiger partial charge in [-0.25, -0.2) is 4.79 Å². The summed E-state index contributed by atoms with van der Waals surface area (Å²) in [7, 11) is 0. The number of hydrogen-bond acceptors (Lipinski definition) is 7. The van der Waals surface area contributed by atoms with Crippen molar-refractivity contribution in [2.75, 3.05) is 26.3 Å². The van der Waals surface area contributed by atoms with Crippen LogP contribution in [0, 0.1) is 0 Å². The molecule has 2 aliphatic rings. The number of carbonyl (C=O) groups excluding carboxylic acids is 3. The number of nitrogens with zero attached hydrogens (tertiary/aromatic N) is 3. The second-order valence-electron chi connectivity index (χ2n) is 8.75. The summed E-state index contributed by atoms with van der Waals surface area (Å²) < 4.78 is 10.8. The number of ketones is 1. The molecule has 9 heteroatoms. The van der Waals surface area contributed by atoms with Crippen LogP contribution in [0.25, 0.3) is 5.76 Å². The molecule has 4 rings (SSSR count). The molecule has 0 spiro atoms. The van der Waals surface area contributed by atoms with Gasteiger partial charge in [0.15, 0.2) is 0 Å². The van der Waals surface area contributed by atoms with Crippen LogP contribution in [0.4, 0.5) is 4.79 Å². The first-order valence-electron chi connectivity index (χ1n) is 12.3. The van der Waals surface area contributed by atoms with Crippen molar-refractivity contribution in [2.24, 2.45) is 0 Å². The molecule has 1 N–H and O–H groups in total. The zero-order chi connectivity index (χ0) is 25.7. The minimum absolute atomic E-state index is 0.000774. The number of ether oxygens (including phenoxy) is 2. The number of amides is 2. The van der Waals surface area contributed by atoms with E-state index in [1.807, 2.05) is 6.92 Å². The molecular weight excluding hydrogens is 462 g/mol. The lowest BCUT2D eigenvalue weighted by Gasteiger charge is -2.38. The lowest BCUT2D eigenvalue weighted by molar-refractivity contribution is -0.142. The molecule has 0 bridgehead atoms. The summed E-state index contributed by atoms with van der Waals surface area (Å²) in [6.07, 6.45) is 3.00. The summed E-state index contributed by atoms with van der Waals surface area (Å²) in [6.45, 7) is 5.36. The summed E-state index contributed by atoms with van der Waals surface area (Å²) in [4.78, 5) is 46.3. The van der Waals surface area contributed by atoms with Crippen molar-refractivity contribution in [2.45, 2.75) is 45.2 Å². The number of aliphatic hydroxyl groups excluding tert-OH is 1. The van der Waals surface area contributed by atoms with Crippen molar-refractivity contribution in [1.29, 1.82) is 0 Å². The molecule has 9 nitrogen and oxygen atoms in total. The molecule has 2 aromatic rings. The van der Waals surface area contributed by atoms with Gasteiger partial charge in [-0.15, -0.1) is 0 Å². The monoisotopic (exact) mass is 493 g/mol. The maximum Gasteiger partial charge on any atom is 0.409 e. The fourth-order valence-corrected chi connectivity index (χ4v) is 4.70. The van der Waals surface area contributed by atoms with E-state index in [0.29, 0.717) is 49.5 Å². The SMILES string of the molecule is CCCOc1cccc(/C(O)=C2\C(=O)C(=O)N(C3CCN(C(=O)OCC)CC3)C2c2ccccn2)c1. The van der Waals surface area contributed by atoms with Crippen molar-refractivity contribution in [3.8, 4) is 5.75 Å². The number of pyridine rings is 1. The first-order valence-corrected chi connectivity index (χ1v) is 12.3. The molecule has 2 saturated heterocycles. The Kier molecular flexibility index (Phi) is 7.87. The number of Topliss-reactive ketones (excluding diaryl/α,β-unsaturated/α-hetero) is 1. The molecule has 1 unspecified atom stereocenters. The molecule has 0 radical (unpaired) electrons. The van der Waals surface area contributed by atoms with Crippen LogP contribution in [0.1, 0.15) is 50.4 Å². The van der Waals surface area contributed by atoms with E-state index in [4.69, 9.17) is 9.47 Å². The van der Waals surface area contributed by atoms with E-state index in [9.17, 15) is 19.5 Å². The molecular formula is C27H31N3O6. The topological polar surface area (TPSA) is 109 Å². The van der Waals surface area contributed by atoms with E-state index in [0.717, 1.165) is 6.42 Å².